The Morgan fingerprint density at radius 3 is 2.51 bits per heavy atom. The molecule has 9 nitrogen and oxygen atoms in total. The van der Waals surface area contributed by atoms with Crippen LogP contribution < -0.4 is 9.54 Å². The topological polar surface area (TPSA) is 107 Å². The van der Waals surface area contributed by atoms with Crippen LogP contribution in [0.4, 0.5) is 0 Å². The molecule has 3 aromatic rings. The number of ether oxygens (including phenoxy) is 2. The maximum absolute atomic E-state index is 13.1. The minimum Gasteiger partial charge on any atom is -0.497 e. The number of amides is 1. The van der Waals surface area contributed by atoms with Crippen LogP contribution in [0.5, 0.6) is 5.75 Å². The summed E-state index contributed by atoms with van der Waals surface area (Å²) in [7, 11) is -0.782. The number of hydrogen-bond donors (Lipinski definition) is 0. The first-order chi connectivity index (χ1) is 16.7. The Morgan fingerprint density at radius 1 is 1.11 bits per heavy atom. The second-order valence-corrected chi connectivity index (χ2v) is 11.2. The van der Waals surface area contributed by atoms with E-state index in [2.05, 4.69) is 4.99 Å². The number of thiazole rings is 1. The number of fused-ring (bicyclic) bond motifs is 1. The number of esters is 1. The predicted octanol–water partition coefficient (Wildman–Crippen LogP) is 3.19. The van der Waals surface area contributed by atoms with E-state index in [1.807, 2.05) is 6.92 Å². The minimum absolute atomic E-state index is 0.0538. The average molecular weight is 518 g/mol. The third-order valence-corrected chi connectivity index (χ3v) is 9.12. The Morgan fingerprint density at radius 2 is 1.86 bits per heavy atom. The zero-order chi connectivity index (χ0) is 25.2. The van der Waals surface area contributed by atoms with Gasteiger partial charge in [-0.25, -0.2) is 8.42 Å². The van der Waals surface area contributed by atoms with E-state index in [1.165, 1.54) is 47.0 Å². The van der Waals surface area contributed by atoms with Crippen LogP contribution >= 0.6 is 11.3 Å². The Balaban J connectivity index is 1.67. The Hall–Kier alpha value is -3.02. The highest BCUT2D eigenvalue weighted by Crippen LogP contribution is 2.26. The molecule has 1 amide bonds. The molecular formula is C24H27N3O6S2. The number of carbonyl (C=O) groups is 2. The lowest BCUT2D eigenvalue weighted by molar-refractivity contribution is -0.141. The molecule has 0 unspecified atom stereocenters. The van der Waals surface area contributed by atoms with E-state index in [0.717, 1.165) is 24.0 Å². The average Bonchev–Trinajstić information content (AvgIpc) is 3.19. The molecule has 1 saturated heterocycles. The highest BCUT2D eigenvalue weighted by atomic mass is 32.2. The van der Waals surface area contributed by atoms with Crippen molar-refractivity contribution in [1.82, 2.24) is 8.87 Å². The van der Waals surface area contributed by atoms with Gasteiger partial charge in [0.2, 0.25) is 10.0 Å². The maximum Gasteiger partial charge on any atom is 0.325 e. The maximum atomic E-state index is 13.1. The van der Waals surface area contributed by atoms with Gasteiger partial charge >= 0.3 is 5.97 Å². The smallest absolute Gasteiger partial charge is 0.325 e. The molecule has 2 heterocycles. The molecule has 186 valence electrons. The summed E-state index contributed by atoms with van der Waals surface area (Å²) >= 11 is 1.24. The molecule has 0 radical (unpaired) electrons. The quantitative estimate of drug-likeness (QED) is 0.465. The number of rotatable bonds is 6. The van der Waals surface area contributed by atoms with E-state index in [1.54, 1.807) is 29.9 Å². The number of hydrogen-bond acceptors (Lipinski definition) is 7. The first-order valence-electron chi connectivity index (χ1n) is 11.2. The van der Waals surface area contributed by atoms with Gasteiger partial charge in [0.05, 0.1) is 29.3 Å². The highest BCUT2D eigenvalue weighted by molar-refractivity contribution is 7.89. The van der Waals surface area contributed by atoms with Crippen molar-refractivity contribution in [3.63, 3.8) is 0 Å². The standard InChI is InChI=1S/C24H27N3O6S2/c1-16-6-4-5-13-27(16)35(30,31)19-10-7-17(8-11-19)23(29)25-24-26(15-22(28)33-3)20-12-9-18(32-2)14-21(20)34-24/h7-12,14,16H,4-6,13,15H2,1-3H3/t16-/m1/s1. The lowest BCUT2D eigenvalue weighted by atomic mass is 10.1. The molecule has 4 rings (SSSR count). The van der Waals surface area contributed by atoms with Crippen LogP contribution in [0.15, 0.2) is 52.4 Å². The first-order valence-corrected chi connectivity index (χ1v) is 13.5. The van der Waals surface area contributed by atoms with Gasteiger partial charge in [-0.05, 0) is 62.2 Å². The molecule has 35 heavy (non-hydrogen) atoms. The van der Waals surface area contributed by atoms with Gasteiger partial charge in [-0.2, -0.15) is 9.30 Å². The summed E-state index contributed by atoms with van der Waals surface area (Å²) in [6.07, 6.45) is 2.69. The highest BCUT2D eigenvalue weighted by Gasteiger charge is 2.31. The third kappa shape index (κ3) is 5.16. The van der Waals surface area contributed by atoms with E-state index in [0.29, 0.717) is 22.6 Å². The van der Waals surface area contributed by atoms with Gasteiger partial charge < -0.3 is 14.0 Å². The zero-order valence-electron chi connectivity index (χ0n) is 19.8. The molecule has 11 heteroatoms. The van der Waals surface area contributed by atoms with Gasteiger partial charge in [-0.1, -0.05) is 17.8 Å². The van der Waals surface area contributed by atoms with Gasteiger partial charge in [0, 0.05) is 18.2 Å². The van der Waals surface area contributed by atoms with Crippen LogP contribution in [0.25, 0.3) is 10.2 Å². The molecule has 1 aromatic heterocycles. The van der Waals surface area contributed by atoms with Gasteiger partial charge in [0.15, 0.2) is 4.80 Å². The number of aromatic nitrogens is 1. The van der Waals surface area contributed by atoms with Crippen LogP contribution in [0.1, 0.15) is 36.5 Å². The second-order valence-electron chi connectivity index (χ2n) is 8.28. The summed E-state index contributed by atoms with van der Waals surface area (Å²) in [5.74, 6) is -0.380. The van der Waals surface area contributed by atoms with Crippen molar-refractivity contribution >= 4 is 43.5 Å². The Kier molecular flexibility index (Phi) is 7.39. The van der Waals surface area contributed by atoms with Crippen LogP contribution in [-0.2, 0) is 26.1 Å². The summed E-state index contributed by atoms with van der Waals surface area (Å²) in [5.41, 5.74) is 0.958. The van der Waals surface area contributed by atoms with Crippen molar-refractivity contribution in [2.45, 2.75) is 43.7 Å². The Bertz CT molecular complexity index is 1420. The van der Waals surface area contributed by atoms with Crippen LogP contribution in [0.3, 0.4) is 0 Å². The fourth-order valence-corrected chi connectivity index (χ4v) is 6.85. The van der Waals surface area contributed by atoms with E-state index in [-0.39, 0.29) is 23.0 Å². The normalized spacial score (nSPS) is 17.5. The zero-order valence-corrected chi connectivity index (χ0v) is 21.4. The number of nitrogens with zero attached hydrogens (tertiary/aromatic N) is 3. The number of carbonyl (C=O) groups excluding carboxylic acids is 2. The summed E-state index contributed by atoms with van der Waals surface area (Å²) in [6.45, 7) is 2.30. The van der Waals surface area contributed by atoms with Crippen molar-refractivity contribution in [2.24, 2.45) is 4.99 Å². The minimum atomic E-state index is -3.63. The SMILES string of the molecule is COC(=O)Cn1c(=NC(=O)c2ccc(S(=O)(=O)N3CCCC[C@H]3C)cc2)sc2cc(OC)ccc21. The van der Waals surface area contributed by atoms with E-state index in [9.17, 15) is 18.0 Å². The van der Waals surface area contributed by atoms with Crippen molar-refractivity contribution in [2.75, 3.05) is 20.8 Å². The van der Waals surface area contributed by atoms with Crippen LogP contribution in [-0.4, -0.2) is 56.0 Å². The monoisotopic (exact) mass is 517 g/mol. The fourth-order valence-electron chi connectivity index (χ4n) is 4.10. The molecule has 1 aliphatic heterocycles. The van der Waals surface area contributed by atoms with Crippen LogP contribution in [0, 0.1) is 0 Å². The molecule has 1 atom stereocenters. The van der Waals surface area contributed by atoms with Gasteiger partial charge in [-0.15, -0.1) is 0 Å². The van der Waals surface area contributed by atoms with Crippen molar-refractivity contribution < 1.29 is 27.5 Å². The number of piperidine rings is 1. The van der Waals surface area contributed by atoms with Gasteiger partial charge in [0.1, 0.15) is 12.3 Å². The molecular weight excluding hydrogens is 490 g/mol. The fraction of sp³-hybridized carbons (Fsp3) is 0.375. The van der Waals surface area contributed by atoms with Crippen molar-refractivity contribution in [3.8, 4) is 5.75 Å². The first kappa shape index (κ1) is 25.1. The summed E-state index contributed by atoms with van der Waals surface area (Å²) in [5, 5.41) is 0. The summed E-state index contributed by atoms with van der Waals surface area (Å²) < 4.78 is 40.1. The molecule has 0 spiro atoms. The van der Waals surface area contributed by atoms with E-state index in [4.69, 9.17) is 9.47 Å². The summed E-state index contributed by atoms with van der Waals surface area (Å²) in [6, 6.07) is 11.1. The largest absolute Gasteiger partial charge is 0.497 e. The molecule has 0 saturated carbocycles. The molecule has 0 aliphatic carbocycles. The molecule has 0 N–H and O–H groups in total. The summed E-state index contributed by atoms with van der Waals surface area (Å²) in [4.78, 5) is 29.7. The lowest BCUT2D eigenvalue weighted by Crippen LogP contribution is -2.41. The number of sulfonamides is 1. The second kappa shape index (κ2) is 10.3. The van der Waals surface area contributed by atoms with E-state index >= 15 is 0 Å². The lowest BCUT2D eigenvalue weighted by Gasteiger charge is -2.32. The molecule has 1 aliphatic rings. The third-order valence-electron chi connectivity index (χ3n) is 6.05. The van der Waals surface area contributed by atoms with Crippen LogP contribution in [0.2, 0.25) is 0 Å². The molecule has 2 aromatic carbocycles. The predicted molar refractivity (Wildman–Crippen MR) is 132 cm³/mol. The number of methoxy groups -OCH3 is 2. The molecule has 1 fully saturated rings. The van der Waals surface area contributed by atoms with Crippen molar-refractivity contribution in [3.05, 3.63) is 52.8 Å². The Labute approximate surface area is 207 Å². The number of benzene rings is 2. The van der Waals surface area contributed by atoms with Crippen molar-refractivity contribution in [1.29, 1.82) is 0 Å². The van der Waals surface area contributed by atoms with Gasteiger partial charge in [0.25, 0.3) is 5.91 Å². The van der Waals surface area contributed by atoms with Gasteiger partial charge in [-0.3, -0.25) is 9.59 Å². The molecule has 0 bridgehead atoms. The van der Waals surface area contributed by atoms with E-state index < -0.39 is 21.9 Å².